The van der Waals surface area contributed by atoms with Crippen LogP contribution in [0.2, 0.25) is 5.15 Å². The molecule has 0 radical (unpaired) electrons. The lowest BCUT2D eigenvalue weighted by atomic mass is 10.1. The topological polar surface area (TPSA) is 112 Å². The Morgan fingerprint density at radius 1 is 0.608 bits per heavy atom. The zero-order valence-electron chi connectivity index (χ0n) is 27.4. The largest absolute Gasteiger partial charge is 0.295 e. The lowest BCUT2D eigenvalue weighted by molar-refractivity contribution is 0.627. The van der Waals surface area contributed by atoms with E-state index in [0.29, 0.717) is 32.5 Å². The standard InChI is InChI=1S/C19H16FN5S.C17H11ClFN5S/c1-3-14-11-25-16(10-22-14)24-17(12-4-6-13(20)7-5-12)18(25)15-8-9-21-19(23-15)26-2;1-25-17-20-7-6-12(22-17)16-15(10-2-4-11(19)5-3-10)23-14-8-21-13(18)9-24(14)16/h4-11H,3H2,1-2H3;2-9H,1H3. The first kappa shape index (κ1) is 34.2. The Balaban J connectivity index is 0.000000159. The van der Waals surface area contributed by atoms with Crippen molar-refractivity contribution in [2.24, 2.45) is 0 Å². The molecule has 15 heteroatoms. The molecule has 0 saturated heterocycles. The molecule has 8 rings (SSSR count). The van der Waals surface area contributed by atoms with Gasteiger partial charge in [0.05, 0.1) is 52.3 Å². The zero-order chi connectivity index (χ0) is 35.5. The molecule has 6 heterocycles. The molecule has 2 aromatic carbocycles. The third kappa shape index (κ3) is 7.16. The number of rotatable bonds is 7. The van der Waals surface area contributed by atoms with Gasteiger partial charge in [0.1, 0.15) is 16.8 Å². The number of fused-ring (bicyclic) bond motifs is 2. The molecule has 0 aliphatic rings. The van der Waals surface area contributed by atoms with Gasteiger partial charge in [0, 0.05) is 35.9 Å². The van der Waals surface area contributed by atoms with Crippen molar-refractivity contribution >= 4 is 46.4 Å². The van der Waals surface area contributed by atoms with E-state index < -0.39 is 0 Å². The summed E-state index contributed by atoms with van der Waals surface area (Å²) in [6.45, 7) is 2.06. The van der Waals surface area contributed by atoms with Gasteiger partial charge in [0.25, 0.3) is 0 Å². The smallest absolute Gasteiger partial charge is 0.187 e. The van der Waals surface area contributed by atoms with E-state index in [4.69, 9.17) is 16.6 Å². The molecule has 0 N–H and O–H groups in total. The molecule has 0 bridgehead atoms. The second-order valence-corrected chi connectivity index (χ2v) is 12.8. The lowest BCUT2D eigenvalue weighted by Gasteiger charge is -2.07. The summed E-state index contributed by atoms with van der Waals surface area (Å²) in [5, 5.41) is 1.68. The molecule has 0 amide bonds. The molecule has 10 nitrogen and oxygen atoms in total. The molecule has 0 fully saturated rings. The maximum absolute atomic E-state index is 13.4. The number of hydrogen-bond acceptors (Lipinski definition) is 10. The van der Waals surface area contributed by atoms with Crippen LogP contribution in [-0.2, 0) is 6.42 Å². The fraction of sp³-hybridized carbons (Fsp3) is 0.111. The van der Waals surface area contributed by atoms with E-state index in [2.05, 4.69) is 41.8 Å². The minimum Gasteiger partial charge on any atom is -0.295 e. The van der Waals surface area contributed by atoms with Gasteiger partial charge in [0.15, 0.2) is 21.6 Å². The Morgan fingerprint density at radius 2 is 1.08 bits per heavy atom. The fourth-order valence-electron chi connectivity index (χ4n) is 5.36. The molecular weight excluding hydrogens is 710 g/mol. The highest BCUT2D eigenvalue weighted by molar-refractivity contribution is 7.98. The molecule has 0 atom stereocenters. The third-order valence-corrected chi connectivity index (χ3v) is 9.07. The van der Waals surface area contributed by atoms with Crippen LogP contribution in [0.25, 0.3) is 56.6 Å². The molecule has 0 saturated carbocycles. The van der Waals surface area contributed by atoms with Crippen LogP contribution in [0.1, 0.15) is 12.6 Å². The van der Waals surface area contributed by atoms with E-state index >= 15 is 0 Å². The highest BCUT2D eigenvalue weighted by atomic mass is 35.5. The van der Waals surface area contributed by atoms with E-state index in [-0.39, 0.29) is 11.6 Å². The third-order valence-electron chi connectivity index (χ3n) is 7.75. The minimum absolute atomic E-state index is 0.277. The average molecular weight is 737 g/mol. The molecule has 254 valence electrons. The first-order chi connectivity index (χ1) is 24.8. The van der Waals surface area contributed by atoms with Crippen LogP contribution in [-0.4, -0.2) is 61.2 Å². The summed E-state index contributed by atoms with van der Waals surface area (Å²) in [4.78, 5) is 35.6. The van der Waals surface area contributed by atoms with E-state index in [1.54, 1.807) is 55.2 Å². The van der Waals surface area contributed by atoms with Crippen molar-refractivity contribution in [1.29, 1.82) is 0 Å². The summed E-state index contributed by atoms with van der Waals surface area (Å²) in [5.74, 6) is -0.578. The van der Waals surface area contributed by atoms with Crippen molar-refractivity contribution in [3.8, 4) is 45.3 Å². The summed E-state index contributed by atoms with van der Waals surface area (Å²) in [7, 11) is 0. The number of imidazole rings is 2. The van der Waals surface area contributed by atoms with Crippen LogP contribution >= 0.6 is 35.1 Å². The summed E-state index contributed by atoms with van der Waals surface area (Å²) in [6.07, 6.45) is 15.1. The predicted octanol–water partition coefficient (Wildman–Crippen LogP) is 8.64. The summed E-state index contributed by atoms with van der Waals surface area (Å²) in [5.41, 5.74) is 8.40. The number of aryl methyl sites for hydroxylation is 1. The summed E-state index contributed by atoms with van der Waals surface area (Å²) in [6, 6.07) is 16.2. The van der Waals surface area contributed by atoms with E-state index in [1.165, 1.54) is 47.8 Å². The number of hydrogen-bond donors (Lipinski definition) is 0. The van der Waals surface area contributed by atoms with Gasteiger partial charge in [-0.15, -0.1) is 0 Å². The molecular formula is C36H27ClF2N10S2. The van der Waals surface area contributed by atoms with Gasteiger partial charge < -0.3 is 0 Å². The minimum atomic E-state index is -0.300. The van der Waals surface area contributed by atoms with Gasteiger partial charge in [0.2, 0.25) is 0 Å². The van der Waals surface area contributed by atoms with Crippen LogP contribution in [0.4, 0.5) is 8.78 Å². The predicted molar refractivity (Wildman–Crippen MR) is 197 cm³/mol. The van der Waals surface area contributed by atoms with Gasteiger partial charge >= 0.3 is 0 Å². The monoisotopic (exact) mass is 736 g/mol. The summed E-state index contributed by atoms with van der Waals surface area (Å²) >= 11 is 9.00. The van der Waals surface area contributed by atoms with Crippen molar-refractivity contribution in [3.63, 3.8) is 0 Å². The van der Waals surface area contributed by atoms with Crippen molar-refractivity contribution in [2.45, 2.75) is 23.7 Å². The highest BCUT2D eigenvalue weighted by Gasteiger charge is 2.20. The van der Waals surface area contributed by atoms with E-state index in [1.807, 2.05) is 39.6 Å². The Morgan fingerprint density at radius 3 is 1.55 bits per heavy atom. The molecule has 0 spiro atoms. The van der Waals surface area contributed by atoms with Gasteiger partial charge in [-0.25, -0.2) is 43.7 Å². The molecule has 8 aromatic rings. The van der Waals surface area contributed by atoms with E-state index in [0.717, 1.165) is 51.7 Å². The second kappa shape index (κ2) is 14.9. The fourth-order valence-corrected chi connectivity index (χ4v) is 6.22. The number of thioether (sulfide) groups is 2. The highest BCUT2D eigenvalue weighted by Crippen LogP contribution is 2.34. The van der Waals surface area contributed by atoms with Crippen molar-refractivity contribution in [1.82, 2.24) is 48.7 Å². The molecule has 0 unspecified atom stereocenters. The maximum atomic E-state index is 13.4. The number of benzene rings is 2. The Kier molecular flexibility index (Phi) is 9.97. The molecule has 0 aliphatic heterocycles. The first-order valence-corrected chi connectivity index (χ1v) is 18.3. The number of aromatic nitrogens is 10. The number of nitrogens with zero attached hydrogens (tertiary/aromatic N) is 10. The normalized spacial score (nSPS) is 11.2. The quantitative estimate of drug-likeness (QED) is 0.116. The van der Waals surface area contributed by atoms with Crippen LogP contribution in [0.15, 0.2) is 108 Å². The van der Waals surface area contributed by atoms with Gasteiger partial charge in [-0.05, 0) is 79.6 Å². The average Bonchev–Trinajstić information content (AvgIpc) is 3.74. The Labute approximate surface area is 304 Å². The Bertz CT molecular complexity index is 2490. The van der Waals surface area contributed by atoms with Crippen molar-refractivity contribution < 1.29 is 8.78 Å². The van der Waals surface area contributed by atoms with Gasteiger partial charge in [-0.1, -0.05) is 42.0 Å². The van der Waals surface area contributed by atoms with Crippen molar-refractivity contribution in [2.75, 3.05) is 12.5 Å². The van der Waals surface area contributed by atoms with E-state index in [9.17, 15) is 8.78 Å². The van der Waals surface area contributed by atoms with Gasteiger partial charge in [-0.3, -0.25) is 13.8 Å². The van der Waals surface area contributed by atoms with Crippen LogP contribution in [0.5, 0.6) is 0 Å². The molecule has 6 aromatic heterocycles. The van der Waals surface area contributed by atoms with Crippen LogP contribution in [0.3, 0.4) is 0 Å². The number of halogens is 3. The molecule has 51 heavy (non-hydrogen) atoms. The molecule has 0 aliphatic carbocycles. The zero-order valence-corrected chi connectivity index (χ0v) is 29.8. The van der Waals surface area contributed by atoms with Crippen LogP contribution < -0.4 is 0 Å². The second-order valence-electron chi connectivity index (χ2n) is 10.9. The van der Waals surface area contributed by atoms with Crippen LogP contribution in [0, 0.1) is 11.6 Å². The maximum Gasteiger partial charge on any atom is 0.187 e. The SMILES string of the molecule is CCc1cn2c(-c3ccnc(SC)n3)c(-c3ccc(F)cc3)nc2cn1.CSc1nccc(-c2c(-c3ccc(F)cc3)nc3cnc(Cl)cn23)n1. The van der Waals surface area contributed by atoms with Crippen molar-refractivity contribution in [3.05, 3.63) is 120 Å². The summed E-state index contributed by atoms with van der Waals surface area (Å²) < 4.78 is 30.5. The lowest BCUT2D eigenvalue weighted by Crippen LogP contribution is -1.97. The Hall–Kier alpha value is -5.31. The first-order valence-electron chi connectivity index (χ1n) is 15.5. The van der Waals surface area contributed by atoms with Gasteiger partial charge in [-0.2, -0.15) is 0 Å².